The summed E-state index contributed by atoms with van der Waals surface area (Å²) in [5, 5.41) is 44.5. The highest BCUT2D eigenvalue weighted by Gasteiger charge is 2.41. The minimum absolute atomic E-state index is 0.0967. The number of hydrogen-bond donors (Lipinski definition) is 4. The number of anilines is 1. The first-order valence-electron chi connectivity index (χ1n) is 12.7. The average Bonchev–Trinajstić information content (AvgIpc) is 3.40. The SMILES string of the molecule is CCN(CC)c1ccc2cc(-c3ccc(/C=C(\C#N)C(=O)NC[C@H]4OC(O)[C@H](C)[C@@H](O)[C@@H]4O)s3)ccc2c1. The lowest BCUT2D eigenvalue weighted by Crippen LogP contribution is -2.56. The number of thiophene rings is 1. The number of benzene rings is 2. The van der Waals surface area contributed by atoms with Crippen molar-refractivity contribution in [2.24, 2.45) is 5.92 Å². The Morgan fingerprint density at radius 1 is 1.08 bits per heavy atom. The Hall–Kier alpha value is -3.26. The second-order valence-corrected chi connectivity index (χ2v) is 10.5. The quantitative estimate of drug-likeness (QED) is 0.257. The van der Waals surface area contributed by atoms with Crippen molar-refractivity contribution in [3.8, 4) is 16.5 Å². The number of fused-ring (bicyclic) bond motifs is 1. The van der Waals surface area contributed by atoms with Gasteiger partial charge in [-0.1, -0.05) is 25.1 Å². The molecule has 1 aliphatic heterocycles. The predicted octanol–water partition coefficient (Wildman–Crippen LogP) is 3.51. The molecule has 0 spiro atoms. The zero-order valence-electron chi connectivity index (χ0n) is 21.7. The largest absolute Gasteiger partial charge is 0.390 e. The van der Waals surface area contributed by atoms with Crippen LogP contribution >= 0.6 is 11.3 Å². The zero-order valence-corrected chi connectivity index (χ0v) is 22.5. The summed E-state index contributed by atoms with van der Waals surface area (Å²) in [5.41, 5.74) is 2.16. The smallest absolute Gasteiger partial charge is 0.262 e. The Bertz CT molecular complexity index is 1360. The summed E-state index contributed by atoms with van der Waals surface area (Å²) in [6.45, 7) is 7.59. The van der Waals surface area contributed by atoms with E-state index in [9.17, 15) is 25.4 Å². The molecule has 8 nitrogen and oxygen atoms in total. The Morgan fingerprint density at radius 3 is 2.50 bits per heavy atom. The fourth-order valence-electron chi connectivity index (χ4n) is 4.59. The van der Waals surface area contributed by atoms with Crippen molar-refractivity contribution in [1.29, 1.82) is 5.26 Å². The molecule has 1 fully saturated rings. The van der Waals surface area contributed by atoms with Crippen LogP contribution in [0.3, 0.4) is 0 Å². The number of nitrogens with one attached hydrogen (secondary N) is 1. The summed E-state index contributed by atoms with van der Waals surface area (Å²) < 4.78 is 5.30. The van der Waals surface area contributed by atoms with Crippen molar-refractivity contribution in [3.63, 3.8) is 0 Å². The van der Waals surface area contributed by atoms with E-state index in [1.165, 1.54) is 28.5 Å². The molecular formula is C29H33N3O5S. The summed E-state index contributed by atoms with van der Waals surface area (Å²) in [6, 6.07) is 18.5. The van der Waals surface area contributed by atoms with Crippen LogP contribution in [0, 0.1) is 17.2 Å². The molecule has 4 rings (SSSR count). The number of amides is 1. The first kappa shape index (κ1) is 27.8. The van der Waals surface area contributed by atoms with Crippen LogP contribution in [-0.2, 0) is 9.53 Å². The lowest BCUT2D eigenvalue weighted by atomic mass is 9.92. The maximum absolute atomic E-state index is 12.6. The number of nitrogens with zero attached hydrogens (tertiary/aromatic N) is 2. The molecule has 200 valence electrons. The number of carbonyl (C=O) groups excluding carboxylic acids is 1. The molecule has 1 unspecified atom stereocenters. The van der Waals surface area contributed by atoms with Crippen molar-refractivity contribution in [1.82, 2.24) is 5.32 Å². The Morgan fingerprint density at radius 2 is 1.79 bits per heavy atom. The third-order valence-electron chi connectivity index (χ3n) is 7.01. The van der Waals surface area contributed by atoms with Crippen molar-refractivity contribution in [3.05, 3.63) is 59.0 Å². The van der Waals surface area contributed by atoms with Crippen LogP contribution in [0.2, 0.25) is 0 Å². The molecule has 3 aromatic rings. The highest BCUT2D eigenvalue weighted by molar-refractivity contribution is 7.16. The van der Waals surface area contributed by atoms with E-state index in [-0.39, 0.29) is 12.1 Å². The second kappa shape index (κ2) is 12.1. The first-order chi connectivity index (χ1) is 18.2. The van der Waals surface area contributed by atoms with Gasteiger partial charge >= 0.3 is 0 Å². The monoisotopic (exact) mass is 535 g/mol. The molecule has 2 heterocycles. The Labute approximate surface area is 226 Å². The highest BCUT2D eigenvalue weighted by Crippen LogP contribution is 2.33. The molecule has 1 aromatic heterocycles. The van der Waals surface area contributed by atoms with E-state index in [2.05, 4.69) is 60.5 Å². The molecule has 0 saturated carbocycles. The summed E-state index contributed by atoms with van der Waals surface area (Å²) in [6.07, 6.45) is -3.19. The Kier molecular flexibility index (Phi) is 8.82. The van der Waals surface area contributed by atoms with Crippen LogP contribution in [0.1, 0.15) is 25.6 Å². The standard InChI is InChI=1S/C29H33N3O5S/c1-4-32(5-2)22-9-8-18-12-20(7-6-19(18)13-22)25-11-10-23(38-25)14-21(15-30)28(35)31-16-24-27(34)26(33)17(3)29(36)37-24/h6-14,17,24,26-27,29,33-34,36H,4-5,16H2,1-3H3,(H,31,35)/b21-14+/t17-,24-,26-,27-,29?/m1/s1. The minimum atomic E-state index is -1.27. The molecule has 38 heavy (non-hydrogen) atoms. The van der Waals surface area contributed by atoms with E-state index in [0.29, 0.717) is 0 Å². The molecule has 0 bridgehead atoms. The third kappa shape index (κ3) is 5.90. The van der Waals surface area contributed by atoms with E-state index in [4.69, 9.17) is 4.74 Å². The van der Waals surface area contributed by atoms with Crippen molar-refractivity contribution >= 4 is 39.8 Å². The van der Waals surface area contributed by atoms with Crippen LogP contribution < -0.4 is 10.2 Å². The lowest BCUT2D eigenvalue weighted by molar-refractivity contribution is -0.258. The third-order valence-corrected chi connectivity index (χ3v) is 8.09. The van der Waals surface area contributed by atoms with E-state index in [0.717, 1.165) is 33.8 Å². The molecule has 0 aliphatic carbocycles. The van der Waals surface area contributed by atoms with Crippen molar-refractivity contribution in [2.75, 3.05) is 24.5 Å². The molecule has 9 heteroatoms. The number of ether oxygens (including phenoxy) is 1. The first-order valence-corrected chi connectivity index (χ1v) is 13.6. The van der Waals surface area contributed by atoms with Gasteiger partial charge in [0, 0.05) is 41.0 Å². The van der Waals surface area contributed by atoms with Crippen LogP contribution in [0.25, 0.3) is 27.3 Å². The molecule has 5 atom stereocenters. The van der Waals surface area contributed by atoms with Gasteiger partial charge in [-0.05, 0) is 66.6 Å². The maximum Gasteiger partial charge on any atom is 0.262 e. The van der Waals surface area contributed by atoms with E-state index in [1.807, 2.05) is 18.2 Å². The summed E-state index contributed by atoms with van der Waals surface area (Å²) in [5.74, 6) is -1.29. The van der Waals surface area contributed by atoms with Gasteiger partial charge in [0.2, 0.25) is 0 Å². The normalized spacial score (nSPS) is 23.7. The van der Waals surface area contributed by atoms with Gasteiger partial charge < -0.3 is 30.3 Å². The van der Waals surface area contributed by atoms with Crippen LogP contribution in [0.4, 0.5) is 5.69 Å². The van der Waals surface area contributed by atoms with Gasteiger partial charge in [0.25, 0.3) is 5.91 Å². The second-order valence-electron chi connectivity index (χ2n) is 9.41. The zero-order chi connectivity index (χ0) is 27.4. The molecule has 1 saturated heterocycles. The molecule has 1 amide bonds. The molecule has 1 aliphatic rings. The average molecular weight is 536 g/mol. The van der Waals surface area contributed by atoms with Crippen LogP contribution in [0.5, 0.6) is 0 Å². The number of hydrogen-bond acceptors (Lipinski definition) is 8. The topological polar surface area (TPSA) is 126 Å². The van der Waals surface area contributed by atoms with Gasteiger partial charge in [-0.3, -0.25) is 4.79 Å². The molecule has 4 N–H and O–H groups in total. The number of nitriles is 1. The molecule has 2 aromatic carbocycles. The lowest BCUT2D eigenvalue weighted by Gasteiger charge is -2.39. The number of rotatable bonds is 8. The van der Waals surface area contributed by atoms with E-state index >= 15 is 0 Å². The van der Waals surface area contributed by atoms with Gasteiger partial charge in [0.05, 0.1) is 6.10 Å². The number of aliphatic hydroxyl groups excluding tert-OH is 3. The fourth-order valence-corrected chi connectivity index (χ4v) is 5.54. The molecular weight excluding hydrogens is 502 g/mol. The number of aliphatic hydroxyl groups is 3. The minimum Gasteiger partial charge on any atom is -0.390 e. The van der Waals surface area contributed by atoms with Crippen molar-refractivity contribution in [2.45, 2.75) is 45.4 Å². The Balaban J connectivity index is 1.45. The van der Waals surface area contributed by atoms with Crippen LogP contribution in [-0.4, -0.2) is 65.5 Å². The fraction of sp³-hybridized carbons (Fsp3) is 0.379. The maximum atomic E-state index is 12.6. The van der Waals surface area contributed by atoms with Gasteiger partial charge in [0.1, 0.15) is 23.9 Å². The molecule has 0 radical (unpaired) electrons. The van der Waals surface area contributed by atoms with E-state index in [1.54, 1.807) is 6.92 Å². The summed E-state index contributed by atoms with van der Waals surface area (Å²) in [7, 11) is 0. The van der Waals surface area contributed by atoms with Gasteiger partial charge in [0.15, 0.2) is 6.29 Å². The summed E-state index contributed by atoms with van der Waals surface area (Å²) in [4.78, 5) is 16.7. The summed E-state index contributed by atoms with van der Waals surface area (Å²) >= 11 is 1.47. The van der Waals surface area contributed by atoms with Gasteiger partial charge in [-0.2, -0.15) is 5.26 Å². The predicted molar refractivity (Wildman–Crippen MR) is 149 cm³/mol. The van der Waals surface area contributed by atoms with Crippen LogP contribution in [0.15, 0.2) is 54.1 Å². The van der Waals surface area contributed by atoms with E-state index < -0.39 is 36.4 Å². The van der Waals surface area contributed by atoms with Gasteiger partial charge in [-0.15, -0.1) is 11.3 Å². The number of carbonyl (C=O) groups is 1. The van der Waals surface area contributed by atoms with Gasteiger partial charge in [-0.25, -0.2) is 0 Å². The highest BCUT2D eigenvalue weighted by atomic mass is 32.1. The van der Waals surface area contributed by atoms with Crippen molar-refractivity contribution < 1.29 is 24.9 Å².